The fourth-order valence-corrected chi connectivity index (χ4v) is 1.58. The number of H-pyrrole nitrogens is 1. The van der Waals surface area contributed by atoms with Crippen molar-refractivity contribution in [3.63, 3.8) is 0 Å². The Hall–Kier alpha value is -1.62. The molecule has 2 heterocycles. The van der Waals surface area contributed by atoms with E-state index in [-0.39, 0.29) is 6.04 Å². The zero-order valence-corrected chi connectivity index (χ0v) is 9.64. The van der Waals surface area contributed by atoms with E-state index in [1.54, 1.807) is 0 Å². The van der Waals surface area contributed by atoms with Crippen molar-refractivity contribution in [2.45, 2.75) is 33.0 Å². The quantitative estimate of drug-likeness (QED) is 0.800. The number of aromatic amines is 1. The predicted octanol–water partition coefficient (Wildman–Crippen LogP) is 1.48. The van der Waals surface area contributed by atoms with E-state index in [2.05, 4.69) is 57.4 Å². The minimum Gasteiger partial charge on any atom is -0.354 e. The Labute approximate surface area is 94.9 Å². The molecule has 0 saturated carbocycles. The van der Waals surface area contributed by atoms with Crippen molar-refractivity contribution < 1.29 is 0 Å². The maximum atomic E-state index is 4.12. The minimum absolute atomic E-state index is 0.187. The third-order valence-corrected chi connectivity index (χ3v) is 2.63. The van der Waals surface area contributed by atoms with Crippen LogP contribution >= 0.6 is 0 Å². The van der Waals surface area contributed by atoms with Gasteiger partial charge in [0.15, 0.2) is 0 Å². The van der Waals surface area contributed by atoms with E-state index in [1.165, 1.54) is 11.9 Å². The van der Waals surface area contributed by atoms with Crippen molar-refractivity contribution in [1.82, 2.24) is 25.1 Å². The number of hydrogen-bond acceptors (Lipinski definition) is 3. The summed E-state index contributed by atoms with van der Waals surface area (Å²) < 4.78 is 2.16. The predicted molar refractivity (Wildman–Crippen MR) is 61.7 cm³/mol. The van der Waals surface area contributed by atoms with Crippen molar-refractivity contribution in [2.75, 3.05) is 0 Å². The number of nitrogens with zero attached hydrogens (tertiary/aromatic N) is 3. The minimum atomic E-state index is 0.187. The molecule has 2 aromatic heterocycles. The molecule has 0 aliphatic heterocycles. The fourth-order valence-electron chi connectivity index (χ4n) is 1.58. The Kier molecular flexibility index (Phi) is 3.36. The van der Waals surface area contributed by atoms with Crippen LogP contribution in [-0.4, -0.2) is 19.7 Å². The Morgan fingerprint density at radius 2 is 2.44 bits per heavy atom. The Morgan fingerprint density at radius 3 is 3.06 bits per heavy atom. The molecule has 1 atom stereocenters. The summed E-state index contributed by atoms with van der Waals surface area (Å²) in [5, 5.41) is 10.1. The van der Waals surface area contributed by atoms with Crippen LogP contribution in [0.2, 0.25) is 0 Å². The highest BCUT2D eigenvalue weighted by atomic mass is 15.2. The van der Waals surface area contributed by atoms with Gasteiger partial charge >= 0.3 is 0 Å². The highest BCUT2D eigenvalue weighted by molar-refractivity contribution is 5.10. The van der Waals surface area contributed by atoms with Gasteiger partial charge in [0.25, 0.3) is 0 Å². The molecular formula is C11H17N5. The first kappa shape index (κ1) is 10.9. The highest BCUT2D eigenvalue weighted by Gasteiger charge is 2.07. The Balaban J connectivity index is 1.87. The van der Waals surface area contributed by atoms with Gasteiger partial charge in [0.05, 0.1) is 6.04 Å². The fraction of sp³-hybridized carbons (Fsp3) is 0.455. The monoisotopic (exact) mass is 219 g/mol. The SMILES string of the molecule is CCn1ccc(CNC(C)c2ncn[nH]2)c1. The van der Waals surface area contributed by atoms with Gasteiger partial charge in [-0.2, -0.15) is 5.10 Å². The van der Waals surface area contributed by atoms with E-state index in [0.717, 1.165) is 18.9 Å². The average molecular weight is 219 g/mol. The molecule has 0 aromatic carbocycles. The third-order valence-electron chi connectivity index (χ3n) is 2.63. The summed E-state index contributed by atoms with van der Waals surface area (Å²) in [6.07, 6.45) is 5.78. The second-order valence-electron chi connectivity index (χ2n) is 3.82. The maximum Gasteiger partial charge on any atom is 0.141 e. The Bertz CT molecular complexity index is 417. The topological polar surface area (TPSA) is 58.5 Å². The lowest BCUT2D eigenvalue weighted by atomic mass is 10.3. The largest absolute Gasteiger partial charge is 0.354 e. The first-order valence-corrected chi connectivity index (χ1v) is 5.53. The van der Waals surface area contributed by atoms with Gasteiger partial charge in [-0.05, 0) is 25.5 Å². The number of aromatic nitrogens is 4. The molecule has 0 aliphatic rings. The van der Waals surface area contributed by atoms with Crippen LogP contribution in [-0.2, 0) is 13.1 Å². The molecule has 5 nitrogen and oxygen atoms in total. The van der Waals surface area contributed by atoms with E-state index in [0.29, 0.717) is 0 Å². The molecule has 16 heavy (non-hydrogen) atoms. The summed E-state index contributed by atoms with van der Waals surface area (Å²) in [6, 6.07) is 2.32. The summed E-state index contributed by atoms with van der Waals surface area (Å²) in [5.74, 6) is 0.870. The maximum absolute atomic E-state index is 4.12. The average Bonchev–Trinajstić information content (AvgIpc) is 2.96. The first-order valence-electron chi connectivity index (χ1n) is 5.53. The van der Waals surface area contributed by atoms with Crippen molar-refractivity contribution in [1.29, 1.82) is 0 Å². The van der Waals surface area contributed by atoms with E-state index in [9.17, 15) is 0 Å². The van der Waals surface area contributed by atoms with Crippen LogP contribution in [0.15, 0.2) is 24.8 Å². The van der Waals surface area contributed by atoms with Gasteiger partial charge < -0.3 is 9.88 Å². The van der Waals surface area contributed by atoms with Gasteiger partial charge in [-0.15, -0.1) is 0 Å². The highest BCUT2D eigenvalue weighted by Crippen LogP contribution is 2.07. The summed E-state index contributed by atoms with van der Waals surface area (Å²) in [6.45, 7) is 6.05. The lowest BCUT2D eigenvalue weighted by Crippen LogP contribution is -2.19. The molecule has 2 rings (SSSR count). The second-order valence-corrected chi connectivity index (χ2v) is 3.82. The summed E-state index contributed by atoms with van der Waals surface area (Å²) in [5.41, 5.74) is 1.29. The summed E-state index contributed by atoms with van der Waals surface area (Å²) in [4.78, 5) is 4.12. The molecule has 0 fully saturated rings. The Morgan fingerprint density at radius 1 is 1.56 bits per heavy atom. The van der Waals surface area contributed by atoms with Gasteiger partial charge in [-0.1, -0.05) is 0 Å². The molecule has 0 bridgehead atoms. The van der Waals surface area contributed by atoms with Crippen molar-refractivity contribution >= 4 is 0 Å². The molecule has 0 radical (unpaired) electrons. The number of nitrogens with one attached hydrogen (secondary N) is 2. The molecule has 0 amide bonds. The van der Waals surface area contributed by atoms with Crippen molar-refractivity contribution in [3.8, 4) is 0 Å². The van der Waals surface area contributed by atoms with Gasteiger partial charge in [0, 0.05) is 25.5 Å². The van der Waals surface area contributed by atoms with E-state index >= 15 is 0 Å². The standard InChI is InChI=1S/C11H17N5/c1-3-16-5-4-10(7-16)6-12-9(2)11-13-8-14-15-11/h4-5,7-9,12H,3,6H2,1-2H3,(H,13,14,15). The smallest absolute Gasteiger partial charge is 0.141 e. The van der Waals surface area contributed by atoms with Gasteiger partial charge in [0.1, 0.15) is 12.2 Å². The zero-order chi connectivity index (χ0) is 11.4. The van der Waals surface area contributed by atoms with Crippen LogP contribution in [0.25, 0.3) is 0 Å². The van der Waals surface area contributed by atoms with Crippen LogP contribution in [0.5, 0.6) is 0 Å². The molecule has 0 spiro atoms. The molecule has 1 unspecified atom stereocenters. The van der Waals surface area contributed by atoms with Crippen LogP contribution in [0.4, 0.5) is 0 Å². The number of aryl methyl sites for hydroxylation is 1. The molecular weight excluding hydrogens is 202 g/mol. The van der Waals surface area contributed by atoms with Crippen LogP contribution in [0.3, 0.4) is 0 Å². The van der Waals surface area contributed by atoms with Crippen molar-refractivity contribution in [2.24, 2.45) is 0 Å². The van der Waals surface area contributed by atoms with Gasteiger partial charge in [-0.3, -0.25) is 5.10 Å². The zero-order valence-electron chi connectivity index (χ0n) is 9.64. The lowest BCUT2D eigenvalue weighted by molar-refractivity contribution is 0.547. The lowest BCUT2D eigenvalue weighted by Gasteiger charge is -2.09. The molecule has 0 aliphatic carbocycles. The van der Waals surface area contributed by atoms with E-state index in [4.69, 9.17) is 0 Å². The first-order chi connectivity index (χ1) is 7.79. The van der Waals surface area contributed by atoms with Crippen molar-refractivity contribution in [3.05, 3.63) is 36.2 Å². The number of hydrogen-bond donors (Lipinski definition) is 2. The second kappa shape index (κ2) is 4.94. The van der Waals surface area contributed by atoms with Crippen LogP contribution in [0.1, 0.15) is 31.3 Å². The van der Waals surface area contributed by atoms with Gasteiger partial charge in [-0.25, -0.2) is 4.98 Å². The summed E-state index contributed by atoms with van der Waals surface area (Å²) >= 11 is 0. The molecule has 0 saturated heterocycles. The molecule has 5 heteroatoms. The van der Waals surface area contributed by atoms with E-state index in [1.807, 2.05) is 0 Å². The molecule has 86 valence electrons. The van der Waals surface area contributed by atoms with Gasteiger partial charge in [0.2, 0.25) is 0 Å². The molecule has 2 aromatic rings. The summed E-state index contributed by atoms with van der Waals surface area (Å²) in [7, 11) is 0. The van der Waals surface area contributed by atoms with Crippen LogP contribution in [0, 0.1) is 0 Å². The third kappa shape index (κ3) is 2.49. The van der Waals surface area contributed by atoms with Crippen LogP contribution < -0.4 is 5.32 Å². The molecule has 2 N–H and O–H groups in total. The van der Waals surface area contributed by atoms with E-state index < -0.39 is 0 Å². The normalized spacial score (nSPS) is 12.9. The number of rotatable bonds is 5.